The molecule has 0 radical (unpaired) electrons. The Balaban J connectivity index is 2.50. The zero-order valence-electron chi connectivity index (χ0n) is 12.7. The number of carbonyl (C=O) groups is 1. The van der Waals surface area contributed by atoms with Crippen LogP contribution in [-0.4, -0.2) is 17.7 Å². The Bertz CT molecular complexity index is 854. The summed E-state index contributed by atoms with van der Waals surface area (Å²) in [5, 5.41) is 19.5. The maximum absolute atomic E-state index is 11.4. The molecule has 0 saturated heterocycles. The van der Waals surface area contributed by atoms with E-state index in [1.165, 1.54) is 6.07 Å². The number of benzene rings is 2. The van der Waals surface area contributed by atoms with Crippen LogP contribution in [0.5, 0.6) is 5.75 Å². The van der Waals surface area contributed by atoms with Crippen molar-refractivity contribution in [3.63, 3.8) is 0 Å². The summed E-state index contributed by atoms with van der Waals surface area (Å²) >= 11 is 12.0. The van der Waals surface area contributed by atoms with Gasteiger partial charge in [-0.05, 0) is 42.8 Å². The van der Waals surface area contributed by atoms with Gasteiger partial charge in [0.1, 0.15) is 11.3 Å². The van der Waals surface area contributed by atoms with Crippen LogP contribution in [0.2, 0.25) is 10.0 Å². The molecule has 0 aliphatic carbocycles. The second-order valence-corrected chi connectivity index (χ2v) is 5.63. The number of carboxylic acid groups (broad SMARTS) is 1. The quantitative estimate of drug-likeness (QED) is 0.590. The van der Waals surface area contributed by atoms with Crippen LogP contribution in [0.1, 0.15) is 28.4 Å². The minimum Gasteiger partial charge on any atom is -0.493 e. The predicted molar refractivity (Wildman–Crippen MR) is 94.5 cm³/mol. The molecule has 6 heteroatoms. The topological polar surface area (TPSA) is 70.3 Å². The number of allylic oxidation sites excluding steroid dienone is 1. The molecule has 0 fully saturated rings. The van der Waals surface area contributed by atoms with E-state index in [0.29, 0.717) is 33.4 Å². The van der Waals surface area contributed by atoms with Gasteiger partial charge >= 0.3 is 5.97 Å². The Morgan fingerprint density at radius 2 is 2.00 bits per heavy atom. The Labute approximate surface area is 149 Å². The van der Waals surface area contributed by atoms with Crippen LogP contribution in [0.15, 0.2) is 36.4 Å². The molecule has 0 saturated carbocycles. The molecule has 0 aromatic heterocycles. The fourth-order valence-electron chi connectivity index (χ4n) is 2.13. The third-order valence-corrected chi connectivity index (χ3v) is 3.73. The zero-order valence-corrected chi connectivity index (χ0v) is 14.2. The third-order valence-electron chi connectivity index (χ3n) is 3.19. The van der Waals surface area contributed by atoms with Crippen LogP contribution in [0.25, 0.3) is 11.6 Å². The van der Waals surface area contributed by atoms with Crippen molar-refractivity contribution in [2.75, 3.05) is 6.61 Å². The zero-order chi connectivity index (χ0) is 17.7. The maximum atomic E-state index is 11.4. The van der Waals surface area contributed by atoms with Crippen molar-refractivity contribution in [1.29, 1.82) is 5.26 Å². The molecule has 122 valence electrons. The molecular formula is C18H13Cl2NO3. The molecular weight excluding hydrogens is 349 g/mol. The largest absolute Gasteiger partial charge is 0.493 e. The minimum atomic E-state index is -1.10. The number of halogens is 2. The van der Waals surface area contributed by atoms with Crippen molar-refractivity contribution in [2.24, 2.45) is 0 Å². The van der Waals surface area contributed by atoms with Gasteiger partial charge in [-0.2, -0.15) is 5.26 Å². The highest BCUT2D eigenvalue weighted by atomic mass is 35.5. The highest BCUT2D eigenvalue weighted by Gasteiger charge is 2.13. The van der Waals surface area contributed by atoms with Gasteiger partial charge in [0.05, 0.1) is 23.3 Å². The molecule has 0 aliphatic rings. The molecule has 2 aromatic rings. The number of nitriles is 1. The normalized spacial score (nSPS) is 11.0. The lowest BCUT2D eigenvalue weighted by molar-refractivity contribution is 0.0692. The van der Waals surface area contributed by atoms with Crippen LogP contribution in [0.4, 0.5) is 0 Å². The molecule has 0 aliphatic heterocycles. The van der Waals surface area contributed by atoms with Gasteiger partial charge in [0.25, 0.3) is 0 Å². The SMILES string of the molecule is CCOc1ccc(/C=C(\C#N)c2ccc(Cl)cc2Cl)cc1C(=O)O. The second-order valence-electron chi connectivity index (χ2n) is 4.79. The van der Waals surface area contributed by atoms with E-state index in [1.807, 2.05) is 0 Å². The minimum absolute atomic E-state index is 0.0325. The molecule has 1 N–H and O–H groups in total. The summed E-state index contributed by atoms with van der Waals surface area (Å²) in [4.78, 5) is 11.4. The van der Waals surface area contributed by atoms with Crippen molar-refractivity contribution in [3.8, 4) is 11.8 Å². The number of rotatable bonds is 5. The average molecular weight is 362 g/mol. The summed E-state index contributed by atoms with van der Waals surface area (Å²) in [6.45, 7) is 2.13. The highest BCUT2D eigenvalue weighted by molar-refractivity contribution is 6.36. The van der Waals surface area contributed by atoms with E-state index >= 15 is 0 Å². The fourth-order valence-corrected chi connectivity index (χ4v) is 2.64. The molecule has 0 heterocycles. The summed E-state index contributed by atoms with van der Waals surface area (Å²) in [7, 11) is 0. The van der Waals surface area contributed by atoms with Crippen molar-refractivity contribution >= 4 is 40.8 Å². The Hall–Kier alpha value is -2.48. The van der Waals surface area contributed by atoms with E-state index in [-0.39, 0.29) is 11.3 Å². The number of hydrogen-bond donors (Lipinski definition) is 1. The van der Waals surface area contributed by atoms with Gasteiger partial charge < -0.3 is 9.84 Å². The first-order chi connectivity index (χ1) is 11.5. The molecule has 4 nitrogen and oxygen atoms in total. The summed E-state index contributed by atoms with van der Waals surface area (Å²) in [5.74, 6) is -0.818. The number of ether oxygens (including phenoxy) is 1. The van der Waals surface area contributed by atoms with Gasteiger partial charge in [-0.3, -0.25) is 0 Å². The van der Waals surface area contributed by atoms with E-state index in [0.717, 1.165) is 0 Å². The van der Waals surface area contributed by atoms with E-state index < -0.39 is 5.97 Å². The van der Waals surface area contributed by atoms with E-state index in [1.54, 1.807) is 43.3 Å². The molecule has 0 atom stereocenters. The standard InChI is InChI=1S/C18H13Cl2NO3/c1-2-24-17-6-3-11(8-15(17)18(22)23)7-12(10-21)14-5-4-13(19)9-16(14)20/h3-9H,2H2,1H3,(H,22,23)/b12-7+. The number of carboxylic acids is 1. The Morgan fingerprint density at radius 3 is 2.58 bits per heavy atom. The number of aromatic carboxylic acids is 1. The number of nitrogens with zero attached hydrogens (tertiary/aromatic N) is 1. The average Bonchev–Trinajstić information content (AvgIpc) is 2.54. The Morgan fingerprint density at radius 1 is 1.25 bits per heavy atom. The third kappa shape index (κ3) is 4.08. The summed E-state index contributed by atoms with van der Waals surface area (Å²) in [6.07, 6.45) is 1.57. The maximum Gasteiger partial charge on any atom is 0.339 e. The molecule has 24 heavy (non-hydrogen) atoms. The fraction of sp³-hybridized carbons (Fsp3) is 0.111. The van der Waals surface area contributed by atoms with Crippen LogP contribution in [-0.2, 0) is 0 Å². The van der Waals surface area contributed by atoms with Crippen molar-refractivity contribution in [2.45, 2.75) is 6.92 Å². The Kier molecular flexibility index (Phi) is 5.86. The molecule has 2 rings (SSSR count). The molecule has 0 spiro atoms. The first-order valence-electron chi connectivity index (χ1n) is 7.03. The summed E-state index contributed by atoms with van der Waals surface area (Å²) in [6, 6.07) is 11.6. The van der Waals surface area contributed by atoms with Crippen LogP contribution < -0.4 is 4.74 Å². The molecule has 2 aromatic carbocycles. The van der Waals surface area contributed by atoms with E-state index in [9.17, 15) is 15.2 Å². The first kappa shape index (κ1) is 17.9. The van der Waals surface area contributed by atoms with Gasteiger partial charge in [-0.25, -0.2) is 4.79 Å². The highest BCUT2D eigenvalue weighted by Crippen LogP contribution is 2.29. The van der Waals surface area contributed by atoms with Gasteiger partial charge in [0.15, 0.2) is 0 Å². The monoisotopic (exact) mass is 361 g/mol. The summed E-state index contributed by atoms with van der Waals surface area (Å²) < 4.78 is 5.30. The molecule has 0 amide bonds. The smallest absolute Gasteiger partial charge is 0.339 e. The molecule has 0 unspecified atom stereocenters. The van der Waals surface area contributed by atoms with Crippen molar-refractivity contribution in [1.82, 2.24) is 0 Å². The van der Waals surface area contributed by atoms with Crippen molar-refractivity contribution in [3.05, 3.63) is 63.1 Å². The molecule has 0 bridgehead atoms. The lowest BCUT2D eigenvalue weighted by atomic mass is 10.0. The van der Waals surface area contributed by atoms with Crippen LogP contribution in [0, 0.1) is 11.3 Å². The predicted octanol–water partition coefficient (Wildman–Crippen LogP) is 5.15. The number of hydrogen-bond acceptors (Lipinski definition) is 3. The van der Waals surface area contributed by atoms with Crippen LogP contribution >= 0.6 is 23.2 Å². The van der Waals surface area contributed by atoms with Gasteiger partial charge in [0, 0.05) is 10.6 Å². The van der Waals surface area contributed by atoms with Gasteiger partial charge in [-0.1, -0.05) is 35.3 Å². The second kappa shape index (κ2) is 7.87. The van der Waals surface area contributed by atoms with Crippen LogP contribution in [0.3, 0.4) is 0 Å². The van der Waals surface area contributed by atoms with Crippen molar-refractivity contribution < 1.29 is 14.6 Å². The summed E-state index contributed by atoms with van der Waals surface area (Å²) in [5.41, 5.74) is 1.41. The van der Waals surface area contributed by atoms with Gasteiger partial charge in [-0.15, -0.1) is 0 Å². The van der Waals surface area contributed by atoms with E-state index in [4.69, 9.17) is 27.9 Å². The van der Waals surface area contributed by atoms with E-state index in [2.05, 4.69) is 6.07 Å². The first-order valence-corrected chi connectivity index (χ1v) is 7.79. The lowest BCUT2D eigenvalue weighted by Gasteiger charge is -2.08. The lowest BCUT2D eigenvalue weighted by Crippen LogP contribution is -2.03. The van der Waals surface area contributed by atoms with Gasteiger partial charge in [0.2, 0.25) is 0 Å².